The Balaban J connectivity index is 1.90. The lowest BCUT2D eigenvalue weighted by molar-refractivity contribution is -0.208. The van der Waals surface area contributed by atoms with Gasteiger partial charge in [-0.15, -0.1) is 11.8 Å². The van der Waals surface area contributed by atoms with Crippen molar-refractivity contribution in [3.8, 4) is 0 Å². The minimum absolute atomic E-state index is 0.0515. The molecule has 32 heavy (non-hydrogen) atoms. The molecule has 2 heterocycles. The summed E-state index contributed by atoms with van der Waals surface area (Å²) in [5.74, 6) is 0.206. The van der Waals surface area contributed by atoms with Gasteiger partial charge in [0.15, 0.2) is 0 Å². The van der Waals surface area contributed by atoms with E-state index in [1.54, 1.807) is 6.26 Å². The van der Waals surface area contributed by atoms with Crippen molar-refractivity contribution >= 4 is 17.7 Å². The third-order valence-corrected chi connectivity index (χ3v) is 7.23. The first-order chi connectivity index (χ1) is 15.3. The highest BCUT2D eigenvalue weighted by atomic mass is 32.2. The van der Waals surface area contributed by atoms with Crippen molar-refractivity contribution in [1.29, 1.82) is 0 Å². The quantitative estimate of drug-likeness (QED) is 0.261. The maximum absolute atomic E-state index is 13.1. The molecule has 0 aromatic heterocycles. The van der Waals surface area contributed by atoms with Crippen LogP contribution in [0.15, 0.2) is 0 Å². The number of alkyl halides is 1. The third kappa shape index (κ3) is 7.78. The topological polar surface area (TPSA) is 120 Å². The van der Waals surface area contributed by atoms with Crippen LogP contribution in [-0.4, -0.2) is 95.9 Å². The van der Waals surface area contributed by atoms with Crippen LogP contribution in [0.1, 0.15) is 46.0 Å². The number of piperidine rings is 1. The first-order valence-electron chi connectivity index (χ1n) is 11.7. The number of aliphatic hydroxyl groups excluding tert-OH is 3. The number of amides is 1. The summed E-state index contributed by atoms with van der Waals surface area (Å²) in [7, 11) is 0. The van der Waals surface area contributed by atoms with Gasteiger partial charge in [-0.3, -0.25) is 9.18 Å². The van der Waals surface area contributed by atoms with Gasteiger partial charge < -0.3 is 35.4 Å². The molecular weight excluding hydrogens is 439 g/mol. The Morgan fingerprint density at radius 3 is 2.59 bits per heavy atom. The van der Waals surface area contributed by atoms with Gasteiger partial charge in [-0.1, -0.05) is 13.8 Å². The van der Waals surface area contributed by atoms with E-state index in [4.69, 9.17) is 9.47 Å². The Hall–Kier alpha value is -0.490. The van der Waals surface area contributed by atoms with E-state index in [9.17, 15) is 24.5 Å². The van der Waals surface area contributed by atoms with E-state index >= 15 is 0 Å². The van der Waals surface area contributed by atoms with Crippen LogP contribution in [0.4, 0.5) is 4.39 Å². The van der Waals surface area contributed by atoms with E-state index in [2.05, 4.69) is 10.6 Å². The van der Waals surface area contributed by atoms with Gasteiger partial charge in [0, 0.05) is 13.2 Å². The van der Waals surface area contributed by atoms with Crippen LogP contribution < -0.4 is 10.6 Å². The number of hydrogen-bond acceptors (Lipinski definition) is 8. The average Bonchev–Trinajstić information content (AvgIpc) is 2.78. The van der Waals surface area contributed by atoms with E-state index in [1.807, 2.05) is 13.8 Å². The summed E-state index contributed by atoms with van der Waals surface area (Å²) in [5.41, 5.74) is -0.680. The highest BCUT2D eigenvalue weighted by Gasteiger charge is 2.47. The van der Waals surface area contributed by atoms with Gasteiger partial charge in [0.05, 0.1) is 18.8 Å². The third-order valence-electron chi connectivity index (χ3n) is 6.37. The molecule has 0 radical (unpaired) electrons. The van der Waals surface area contributed by atoms with Crippen molar-refractivity contribution < 1.29 is 34.0 Å². The Labute approximate surface area is 195 Å². The fourth-order valence-electron chi connectivity index (χ4n) is 4.45. The summed E-state index contributed by atoms with van der Waals surface area (Å²) in [6, 6.07) is -0.851. The lowest BCUT2D eigenvalue weighted by Crippen LogP contribution is -2.65. The molecule has 0 aromatic rings. The minimum Gasteiger partial charge on any atom is -0.388 e. The Morgan fingerprint density at radius 2 is 1.94 bits per heavy atom. The second-order valence-corrected chi connectivity index (χ2v) is 10.1. The van der Waals surface area contributed by atoms with Crippen LogP contribution in [-0.2, 0) is 14.3 Å². The molecule has 2 saturated heterocycles. The Kier molecular flexibility index (Phi) is 12.2. The smallest absolute Gasteiger partial charge is 0.237 e. The highest BCUT2D eigenvalue weighted by Crippen LogP contribution is 2.30. The van der Waals surface area contributed by atoms with E-state index < -0.39 is 35.9 Å². The van der Waals surface area contributed by atoms with Crippen LogP contribution in [0.2, 0.25) is 0 Å². The van der Waals surface area contributed by atoms with Crippen LogP contribution >= 0.6 is 11.8 Å². The SMILES string of the molecule is CSC1OC(C(NC(=O)C2CC(CCCOCCCF)CCN2)C(C)C)C(O)C(O)C1O. The van der Waals surface area contributed by atoms with E-state index in [0.717, 1.165) is 25.8 Å². The Bertz CT molecular complexity index is 559. The monoisotopic (exact) mass is 480 g/mol. The molecule has 8 nitrogen and oxygen atoms in total. The van der Waals surface area contributed by atoms with Gasteiger partial charge in [0.2, 0.25) is 5.91 Å². The van der Waals surface area contributed by atoms with Gasteiger partial charge in [0.1, 0.15) is 29.9 Å². The standard InChI is InChI=1S/C22H41FN2O6S/c1-13(2)16(20-18(27)17(26)19(28)22(31-20)32-3)25-21(29)15-12-14(7-9-24-15)6-4-10-30-11-5-8-23/h13-20,22,24,26-28H,4-12H2,1-3H3,(H,25,29). The molecule has 0 aliphatic carbocycles. The number of rotatable bonds is 12. The molecule has 5 N–H and O–H groups in total. The highest BCUT2D eigenvalue weighted by molar-refractivity contribution is 7.99. The number of aliphatic hydroxyl groups is 3. The van der Waals surface area contributed by atoms with Crippen LogP contribution in [0.5, 0.6) is 0 Å². The van der Waals surface area contributed by atoms with E-state index in [0.29, 0.717) is 32.0 Å². The van der Waals surface area contributed by atoms with Crippen molar-refractivity contribution in [2.24, 2.45) is 11.8 Å². The zero-order valence-corrected chi connectivity index (χ0v) is 20.2. The van der Waals surface area contributed by atoms with E-state index in [-0.39, 0.29) is 24.5 Å². The molecule has 188 valence electrons. The molecular formula is C22H41FN2O6S. The fourth-order valence-corrected chi connectivity index (χ4v) is 5.13. The largest absolute Gasteiger partial charge is 0.388 e. The van der Waals surface area contributed by atoms with Crippen LogP contribution in [0.25, 0.3) is 0 Å². The summed E-state index contributed by atoms with van der Waals surface area (Å²) in [6.45, 7) is 5.29. The zero-order chi connectivity index (χ0) is 23.7. The molecule has 2 aliphatic heterocycles. The average molecular weight is 481 g/mol. The lowest BCUT2D eigenvalue weighted by atomic mass is 9.86. The number of nitrogens with one attached hydrogen (secondary N) is 2. The predicted octanol–water partition coefficient (Wildman–Crippen LogP) is 0.822. The predicted molar refractivity (Wildman–Crippen MR) is 122 cm³/mol. The normalized spacial score (nSPS) is 34.4. The number of carbonyl (C=O) groups excluding carboxylic acids is 1. The number of carbonyl (C=O) groups is 1. The number of ether oxygens (including phenoxy) is 2. The van der Waals surface area contributed by atoms with Gasteiger partial charge in [-0.25, -0.2) is 0 Å². The van der Waals surface area contributed by atoms with Gasteiger partial charge >= 0.3 is 0 Å². The minimum atomic E-state index is -1.34. The summed E-state index contributed by atoms with van der Waals surface area (Å²) in [6.07, 6.45) is 1.08. The molecule has 0 aromatic carbocycles. The summed E-state index contributed by atoms with van der Waals surface area (Å²) in [4.78, 5) is 13.1. The maximum Gasteiger partial charge on any atom is 0.237 e. The lowest BCUT2D eigenvalue weighted by Gasteiger charge is -2.44. The number of halogens is 1. The summed E-state index contributed by atoms with van der Waals surface area (Å²) < 4.78 is 23.4. The molecule has 10 heteroatoms. The van der Waals surface area contributed by atoms with Gasteiger partial charge in [-0.05, 0) is 56.7 Å². The molecule has 8 unspecified atom stereocenters. The molecule has 0 bridgehead atoms. The molecule has 2 aliphatic rings. The molecule has 0 spiro atoms. The van der Waals surface area contributed by atoms with Crippen molar-refractivity contribution in [2.45, 2.75) is 87.9 Å². The first kappa shape index (κ1) is 27.8. The Morgan fingerprint density at radius 1 is 1.22 bits per heavy atom. The van der Waals surface area contributed by atoms with Gasteiger partial charge in [-0.2, -0.15) is 0 Å². The second-order valence-electron chi connectivity index (χ2n) is 9.15. The fraction of sp³-hybridized carbons (Fsp3) is 0.955. The summed E-state index contributed by atoms with van der Waals surface area (Å²) in [5, 5.41) is 37.2. The van der Waals surface area contributed by atoms with Crippen LogP contribution in [0, 0.1) is 11.8 Å². The number of thioether (sulfide) groups is 1. The van der Waals surface area contributed by atoms with Crippen molar-refractivity contribution in [1.82, 2.24) is 10.6 Å². The van der Waals surface area contributed by atoms with Crippen molar-refractivity contribution in [3.05, 3.63) is 0 Å². The van der Waals surface area contributed by atoms with Crippen molar-refractivity contribution in [2.75, 3.05) is 32.7 Å². The van der Waals surface area contributed by atoms with E-state index in [1.165, 1.54) is 11.8 Å². The maximum atomic E-state index is 13.1. The second kappa shape index (κ2) is 14.0. The zero-order valence-electron chi connectivity index (χ0n) is 19.4. The molecule has 2 rings (SSSR count). The molecule has 1 amide bonds. The van der Waals surface area contributed by atoms with Crippen molar-refractivity contribution in [3.63, 3.8) is 0 Å². The molecule has 8 atom stereocenters. The van der Waals surface area contributed by atoms with Crippen LogP contribution in [0.3, 0.4) is 0 Å². The molecule has 0 saturated carbocycles. The molecule has 2 fully saturated rings. The summed E-state index contributed by atoms with van der Waals surface area (Å²) >= 11 is 1.26. The van der Waals surface area contributed by atoms with Gasteiger partial charge in [0.25, 0.3) is 0 Å². The number of hydrogen-bond donors (Lipinski definition) is 5. The first-order valence-corrected chi connectivity index (χ1v) is 13.0.